The Morgan fingerprint density at radius 3 is 2.69 bits per heavy atom. The number of fused-ring (bicyclic) bond motifs is 1. The van der Waals surface area contributed by atoms with Crippen LogP contribution in [-0.4, -0.2) is 17.4 Å². The van der Waals surface area contributed by atoms with Gasteiger partial charge in [0.2, 0.25) is 5.91 Å². The summed E-state index contributed by atoms with van der Waals surface area (Å²) < 4.78 is 0. The van der Waals surface area contributed by atoms with Crippen molar-refractivity contribution in [2.75, 3.05) is 6.54 Å². The second-order valence-corrected chi connectivity index (χ2v) is 6.81. The summed E-state index contributed by atoms with van der Waals surface area (Å²) in [6.45, 7) is 2.42. The number of aryl methyl sites for hydroxylation is 2. The summed E-state index contributed by atoms with van der Waals surface area (Å²) in [5.74, 6) is -0.0437. The molecule has 5 heteroatoms. The third kappa shape index (κ3) is 4.52. The highest BCUT2D eigenvalue weighted by atomic mass is 35.5. The number of hydrogen-bond acceptors (Lipinski definition) is 2. The lowest BCUT2D eigenvalue weighted by Crippen LogP contribution is -2.27. The molecule has 0 bridgehead atoms. The summed E-state index contributed by atoms with van der Waals surface area (Å²) in [5, 5.41) is 4.54. The summed E-state index contributed by atoms with van der Waals surface area (Å²) in [6.07, 6.45) is 1.47. The Balaban J connectivity index is 1.54. The number of carbonyl (C=O) groups excluding carboxylic acids is 1. The van der Waals surface area contributed by atoms with E-state index in [2.05, 4.69) is 10.3 Å². The summed E-state index contributed by atoms with van der Waals surface area (Å²) >= 11 is 6.10. The number of pyridine rings is 1. The van der Waals surface area contributed by atoms with E-state index in [0.717, 1.165) is 22.0 Å². The van der Waals surface area contributed by atoms with Crippen molar-refractivity contribution in [1.29, 1.82) is 0 Å². The number of benzene rings is 2. The molecule has 26 heavy (non-hydrogen) atoms. The van der Waals surface area contributed by atoms with E-state index in [1.807, 2.05) is 55.5 Å². The van der Waals surface area contributed by atoms with Crippen molar-refractivity contribution in [3.63, 3.8) is 0 Å². The highest BCUT2D eigenvalue weighted by Crippen LogP contribution is 2.16. The SMILES string of the molecule is Cc1ccc2cc(CCNC(=O)CCc3ccccc3Cl)c(=O)[nH]c2c1. The van der Waals surface area contributed by atoms with Crippen molar-refractivity contribution in [3.8, 4) is 0 Å². The topological polar surface area (TPSA) is 62.0 Å². The largest absolute Gasteiger partial charge is 0.356 e. The maximum atomic E-state index is 12.2. The van der Waals surface area contributed by atoms with Gasteiger partial charge in [0.05, 0.1) is 0 Å². The van der Waals surface area contributed by atoms with Gasteiger partial charge in [0.1, 0.15) is 0 Å². The number of carbonyl (C=O) groups is 1. The first-order valence-corrected chi connectivity index (χ1v) is 9.03. The standard InChI is InChI=1S/C21H21ClN2O2/c1-14-6-7-16-13-17(21(26)24-19(16)12-14)10-11-23-20(25)9-8-15-4-2-3-5-18(15)22/h2-7,12-13H,8-11H2,1H3,(H,23,25)(H,24,26). The minimum absolute atomic E-state index is 0.0437. The molecule has 3 rings (SSSR count). The summed E-state index contributed by atoms with van der Waals surface area (Å²) in [6, 6.07) is 15.4. The average Bonchev–Trinajstić information content (AvgIpc) is 2.61. The number of aromatic amines is 1. The van der Waals surface area contributed by atoms with Crippen LogP contribution in [-0.2, 0) is 17.6 Å². The smallest absolute Gasteiger partial charge is 0.251 e. The Morgan fingerprint density at radius 1 is 1.08 bits per heavy atom. The third-order valence-electron chi connectivity index (χ3n) is 4.37. The lowest BCUT2D eigenvalue weighted by Gasteiger charge is -2.07. The minimum atomic E-state index is -0.103. The molecule has 0 radical (unpaired) electrons. The molecule has 4 nitrogen and oxygen atoms in total. The van der Waals surface area contributed by atoms with Gasteiger partial charge in [-0.05, 0) is 54.5 Å². The number of H-pyrrole nitrogens is 1. The number of hydrogen-bond donors (Lipinski definition) is 2. The molecule has 0 aliphatic carbocycles. The fourth-order valence-electron chi connectivity index (χ4n) is 2.92. The van der Waals surface area contributed by atoms with Gasteiger partial charge in [-0.15, -0.1) is 0 Å². The van der Waals surface area contributed by atoms with E-state index in [0.29, 0.717) is 36.4 Å². The predicted octanol–water partition coefficient (Wildman–Crippen LogP) is 3.78. The van der Waals surface area contributed by atoms with Gasteiger partial charge in [-0.1, -0.05) is 41.9 Å². The first-order valence-electron chi connectivity index (χ1n) is 8.65. The maximum Gasteiger partial charge on any atom is 0.251 e. The normalized spacial score (nSPS) is 10.8. The van der Waals surface area contributed by atoms with Gasteiger partial charge >= 0.3 is 0 Å². The number of nitrogens with one attached hydrogen (secondary N) is 2. The summed E-state index contributed by atoms with van der Waals surface area (Å²) in [7, 11) is 0. The molecule has 0 saturated carbocycles. The number of rotatable bonds is 6. The number of amides is 1. The Kier molecular flexibility index (Phi) is 5.74. The predicted molar refractivity (Wildman–Crippen MR) is 106 cm³/mol. The molecule has 1 aromatic heterocycles. The molecule has 0 atom stereocenters. The van der Waals surface area contributed by atoms with Crippen molar-refractivity contribution >= 4 is 28.4 Å². The lowest BCUT2D eigenvalue weighted by atomic mass is 10.1. The van der Waals surface area contributed by atoms with Crippen LogP contribution in [0, 0.1) is 6.92 Å². The Bertz CT molecular complexity index is 995. The molecule has 2 N–H and O–H groups in total. The van der Waals surface area contributed by atoms with Gasteiger partial charge in [-0.2, -0.15) is 0 Å². The molecule has 0 fully saturated rings. The van der Waals surface area contributed by atoms with Gasteiger partial charge in [-0.25, -0.2) is 0 Å². The van der Waals surface area contributed by atoms with Gasteiger partial charge in [0, 0.05) is 29.1 Å². The third-order valence-corrected chi connectivity index (χ3v) is 4.74. The monoisotopic (exact) mass is 368 g/mol. The van der Waals surface area contributed by atoms with Crippen LogP contribution in [0.4, 0.5) is 0 Å². The van der Waals surface area contributed by atoms with Gasteiger partial charge < -0.3 is 10.3 Å². The first-order chi connectivity index (χ1) is 12.5. The van der Waals surface area contributed by atoms with E-state index in [4.69, 9.17) is 11.6 Å². The molecule has 134 valence electrons. The van der Waals surface area contributed by atoms with E-state index >= 15 is 0 Å². The van der Waals surface area contributed by atoms with Crippen LogP contribution in [0.15, 0.2) is 53.3 Å². The molecule has 0 aliphatic rings. The zero-order chi connectivity index (χ0) is 18.5. The minimum Gasteiger partial charge on any atom is -0.356 e. The molecule has 1 heterocycles. The Hall–Kier alpha value is -2.59. The fourth-order valence-corrected chi connectivity index (χ4v) is 3.15. The van der Waals surface area contributed by atoms with E-state index < -0.39 is 0 Å². The maximum absolute atomic E-state index is 12.2. The van der Waals surface area contributed by atoms with Crippen LogP contribution in [0.1, 0.15) is 23.1 Å². The van der Waals surface area contributed by atoms with Crippen molar-refractivity contribution < 1.29 is 4.79 Å². The zero-order valence-electron chi connectivity index (χ0n) is 14.6. The Labute approximate surface area is 157 Å². The average molecular weight is 369 g/mol. The van der Waals surface area contributed by atoms with Crippen molar-refractivity contribution in [2.24, 2.45) is 0 Å². The fraction of sp³-hybridized carbons (Fsp3) is 0.238. The van der Waals surface area contributed by atoms with E-state index in [9.17, 15) is 9.59 Å². The van der Waals surface area contributed by atoms with Gasteiger partial charge in [0.25, 0.3) is 5.56 Å². The Morgan fingerprint density at radius 2 is 1.88 bits per heavy atom. The number of aromatic nitrogens is 1. The van der Waals surface area contributed by atoms with E-state index in [1.165, 1.54) is 0 Å². The van der Waals surface area contributed by atoms with Crippen LogP contribution in [0.5, 0.6) is 0 Å². The van der Waals surface area contributed by atoms with Crippen molar-refractivity contribution in [1.82, 2.24) is 10.3 Å². The molecule has 0 unspecified atom stereocenters. The van der Waals surface area contributed by atoms with E-state index in [1.54, 1.807) is 0 Å². The quantitative estimate of drug-likeness (QED) is 0.695. The highest BCUT2D eigenvalue weighted by molar-refractivity contribution is 6.31. The zero-order valence-corrected chi connectivity index (χ0v) is 15.4. The number of halogens is 1. The van der Waals surface area contributed by atoms with Gasteiger partial charge in [0.15, 0.2) is 0 Å². The molecule has 0 spiro atoms. The van der Waals surface area contributed by atoms with Crippen LogP contribution in [0.25, 0.3) is 10.9 Å². The molecule has 1 amide bonds. The molecular formula is C21H21ClN2O2. The van der Waals surface area contributed by atoms with E-state index in [-0.39, 0.29) is 11.5 Å². The van der Waals surface area contributed by atoms with Gasteiger partial charge in [-0.3, -0.25) is 9.59 Å². The second-order valence-electron chi connectivity index (χ2n) is 6.41. The van der Waals surface area contributed by atoms with Crippen molar-refractivity contribution in [2.45, 2.75) is 26.2 Å². The lowest BCUT2D eigenvalue weighted by molar-refractivity contribution is -0.121. The molecular weight excluding hydrogens is 348 g/mol. The van der Waals surface area contributed by atoms with Crippen LogP contribution in [0.2, 0.25) is 5.02 Å². The highest BCUT2D eigenvalue weighted by Gasteiger charge is 2.07. The van der Waals surface area contributed by atoms with Crippen LogP contribution >= 0.6 is 11.6 Å². The molecule has 0 saturated heterocycles. The van der Waals surface area contributed by atoms with Crippen LogP contribution < -0.4 is 10.9 Å². The molecule has 3 aromatic rings. The van der Waals surface area contributed by atoms with Crippen molar-refractivity contribution in [3.05, 3.63) is 80.6 Å². The molecule has 2 aromatic carbocycles. The first kappa shape index (κ1) is 18.2. The molecule has 0 aliphatic heterocycles. The summed E-state index contributed by atoms with van der Waals surface area (Å²) in [5.41, 5.74) is 3.47. The summed E-state index contributed by atoms with van der Waals surface area (Å²) in [4.78, 5) is 27.1. The second kappa shape index (κ2) is 8.19. The van der Waals surface area contributed by atoms with Crippen LogP contribution in [0.3, 0.4) is 0 Å².